The number of hydrogen-bond donors (Lipinski definition) is 2. The van der Waals surface area contributed by atoms with E-state index in [1.54, 1.807) is 6.92 Å². The predicted octanol–water partition coefficient (Wildman–Crippen LogP) is 2.93. The molecule has 2 aromatic rings. The van der Waals surface area contributed by atoms with Crippen LogP contribution in [-0.4, -0.2) is 19.9 Å². The van der Waals surface area contributed by atoms with Gasteiger partial charge in [0, 0.05) is 24.7 Å². The minimum absolute atomic E-state index is 0.0103. The van der Waals surface area contributed by atoms with Crippen LogP contribution in [0.4, 0.5) is 10.1 Å². The third-order valence-corrected chi connectivity index (χ3v) is 5.63. The Hall–Kier alpha value is -2.07. The molecule has 0 aliphatic rings. The van der Waals surface area contributed by atoms with Crippen LogP contribution < -0.4 is 10.5 Å². The molecule has 0 radical (unpaired) electrons. The third kappa shape index (κ3) is 4.55. The second kappa shape index (κ2) is 8.09. The van der Waals surface area contributed by atoms with Gasteiger partial charge >= 0.3 is 0 Å². The molecule has 0 fully saturated rings. The first-order valence-electron chi connectivity index (χ1n) is 7.63. The molecule has 140 valence electrons. The monoisotopic (exact) mass is 401 g/mol. The number of nitrogens with one attached hydrogen (secondary N) is 1. The van der Waals surface area contributed by atoms with Crippen LogP contribution in [0.5, 0.6) is 0 Å². The van der Waals surface area contributed by atoms with Gasteiger partial charge in [0.05, 0.1) is 14.8 Å². The highest BCUT2D eigenvalue weighted by molar-refractivity contribution is 7.89. The number of benzene rings is 2. The number of halogens is 2. The fourth-order valence-electron chi connectivity index (χ4n) is 2.47. The Morgan fingerprint density at radius 2 is 2.00 bits per heavy atom. The first-order chi connectivity index (χ1) is 12.2. The van der Waals surface area contributed by atoms with E-state index in [1.807, 2.05) is 0 Å². The van der Waals surface area contributed by atoms with Crippen LogP contribution in [-0.2, 0) is 16.4 Å². The molecule has 0 heterocycles. The minimum Gasteiger partial charge on any atom is -0.324 e. The van der Waals surface area contributed by atoms with Crippen LogP contribution in [0.25, 0.3) is 0 Å². The van der Waals surface area contributed by atoms with Crippen molar-refractivity contribution in [1.29, 1.82) is 0 Å². The average Bonchev–Trinajstić information content (AvgIpc) is 2.56. The first-order valence-corrected chi connectivity index (χ1v) is 9.49. The van der Waals surface area contributed by atoms with Crippen molar-refractivity contribution in [2.75, 3.05) is 6.54 Å². The van der Waals surface area contributed by atoms with E-state index in [4.69, 9.17) is 17.3 Å². The molecule has 10 heteroatoms. The van der Waals surface area contributed by atoms with Gasteiger partial charge in [-0.05, 0) is 35.7 Å². The van der Waals surface area contributed by atoms with Crippen molar-refractivity contribution in [1.82, 2.24) is 4.72 Å². The van der Waals surface area contributed by atoms with Crippen LogP contribution in [0, 0.1) is 15.9 Å². The molecule has 0 aromatic heterocycles. The molecular formula is C16H17ClFN3O4S. The number of rotatable bonds is 7. The van der Waals surface area contributed by atoms with Gasteiger partial charge in [0.2, 0.25) is 10.0 Å². The van der Waals surface area contributed by atoms with E-state index < -0.39 is 26.8 Å². The van der Waals surface area contributed by atoms with Crippen molar-refractivity contribution in [3.8, 4) is 0 Å². The normalized spacial score (nSPS) is 12.8. The highest BCUT2D eigenvalue weighted by Crippen LogP contribution is 2.27. The zero-order valence-corrected chi connectivity index (χ0v) is 15.3. The maximum Gasteiger partial charge on any atom is 0.269 e. The summed E-state index contributed by atoms with van der Waals surface area (Å²) in [6.07, 6.45) is -0.0103. The van der Waals surface area contributed by atoms with Crippen LogP contribution in [0.3, 0.4) is 0 Å². The molecule has 3 N–H and O–H groups in total. The second-order valence-corrected chi connectivity index (χ2v) is 7.68. The smallest absolute Gasteiger partial charge is 0.269 e. The minimum atomic E-state index is -3.84. The Bertz CT molecular complexity index is 937. The average molecular weight is 402 g/mol. The molecule has 0 saturated carbocycles. The van der Waals surface area contributed by atoms with E-state index >= 15 is 0 Å². The van der Waals surface area contributed by atoms with Crippen molar-refractivity contribution >= 4 is 27.3 Å². The molecular weight excluding hydrogens is 385 g/mol. The van der Waals surface area contributed by atoms with Gasteiger partial charge in [-0.1, -0.05) is 24.6 Å². The molecule has 0 amide bonds. The lowest BCUT2D eigenvalue weighted by molar-refractivity contribution is -0.385. The summed E-state index contributed by atoms with van der Waals surface area (Å²) in [6, 6.07) is 6.67. The van der Waals surface area contributed by atoms with Gasteiger partial charge < -0.3 is 5.73 Å². The topological polar surface area (TPSA) is 115 Å². The van der Waals surface area contributed by atoms with Crippen molar-refractivity contribution in [2.45, 2.75) is 24.3 Å². The third-order valence-electron chi connectivity index (χ3n) is 3.69. The molecule has 0 unspecified atom stereocenters. The van der Waals surface area contributed by atoms with Gasteiger partial charge in [-0.2, -0.15) is 0 Å². The maximum absolute atomic E-state index is 13.3. The summed E-state index contributed by atoms with van der Waals surface area (Å²) in [5.74, 6) is -0.603. The number of sulfonamides is 1. The summed E-state index contributed by atoms with van der Waals surface area (Å²) >= 11 is 5.75. The fraction of sp³-hybridized carbons (Fsp3) is 0.250. The standard InChI is InChI=1S/C16H17ClFN3O4S/c1-2-20-26(24,25)16-6-4-12(21(22)23)7-11(16)9-15(19)10-3-5-14(18)13(17)8-10/h3-8,15,20H,2,9,19H2,1H3/t15-/m0/s1. The molecule has 2 rings (SSSR count). The number of nitrogens with two attached hydrogens (primary N) is 1. The number of nitrogens with zero attached hydrogens (tertiary/aromatic N) is 1. The van der Waals surface area contributed by atoms with Crippen molar-refractivity contribution < 1.29 is 17.7 Å². The number of hydrogen-bond acceptors (Lipinski definition) is 5. The van der Waals surface area contributed by atoms with Gasteiger partial charge in [0.15, 0.2) is 0 Å². The number of nitro groups is 1. The summed E-state index contributed by atoms with van der Waals surface area (Å²) in [5, 5.41) is 10.9. The molecule has 1 atom stereocenters. The van der Waals surface area contributed by atoms with Crippen LogP contribution in [0.1, 0.15) is 24.1 Å². The quantitative estimate of drug-likeness (QED) is 0.546. The lowest BCUT2D eigenvalue weighted by Crippen LogP contribution is -2.25. The summed E-state index contributed by atoms with van der Waals surface area (Å²) in [4.78, 5) is 10.3. The fourth-order valence-corrected chi connectivity index (χ4v) is 3.93. The van der Waals surface area contributed by atoms with E-state index in [9.17, 15) is 22.9 Å². The molecule has 7 nitrogen and oxygen atoms in total. The highest BCUT2D eigenvalue weighted by Gasteiger charge is 2.22. The van der Waals surface area contributed by atoms with Gasteiger partial charge in [0.1, 0.15) is 5.82 Å². The Kier molecular flexibility index (Phi) is 6.30. The van der Waals surface area contributed by atoms with Crippen LogP contribution >= 0.6 is 11.6 Å². The van der Waals surface area contributed by atoms with Crippen molar-refractivity contribution in [3.63, 3.8) is 0 Å². The molecule has 2 aromatic carbocycles. The van der Waals surface area contributed by atoms with Crippen LogP contribution in [0.2, 0.25) is 5.02 Å². The predicted molar refractivity (Wildman–Crippen MR) is 96.0 cm³/mol. The van der Waals surface area contributed by atoms with E-state index in [1.165, 1.54) is 24.3 Å². The summed E-state index contributed by atoms with van der Waals surface area (Å²) in [5.41, 5.74) is 6.51. The van der Waals surface area contributed by atoms with E-state index in [-0.39, 0.29) is 34.1 Å². The molecule has 0 aliphatic carbocycles. The first kappa shape index (κ1) is 20.2. The zero-order valence-electron chi connectivity index (χ0n) is 13.8. The summed E-state index contributed by atoms with van der Waals surface area (Å²) in [6.45, 7) is 1.78. The van der Waals surface area contributed by atoms with E-state index in [0.717, 1.165) is 12.1 Å². The Morgan fingerprint density at radius 3 is 2.58 bits per heavy atom. The number of nitro benzene ring substituents is 1. The second-order valence-electron chi connectivity index (χ2n) is 5.53. The summed E-state index contributed by atoms with van der Waals surface area (Å²) < 4.78 is 40.4. The van der Waals surface area contributed by atoms with Gasteiger partial charge in [0.25, 0.3) is 5.69 Å². The maximum atomic E-state index is 13.3. The van der Waals surface area contributed by atoms with Crippen molar-refractivity contribution in [2.24, 2.45) is 5.73 Å². The van der Waals surface area contributed by atoms with Crippen molar-refractivity contribution in [3.05, 3.63) is 68.5 Å². The SMILES string of the molecule is CCNS(=O)(=O)c1ccc([N+](=O)[O-])cc1C[C@H](N)c1ccc(F)c(Cl)c1. The molecule has 0 bridgehead atoms. The Balaban J connectivity index is 2.46. The van der Waals surface area contributed by atoms with Gasteiger partial charge in [-0.15, -0.1) is 0 Å². The zero-order chi connectivity index (χ0) is 19.5. The highest BCUT2D eigenvalue weighted by atomic mass is 35.5. The largest absolute Gasteiger partial charge is 0.324 e. The molecule has 0 aliphatic heterocycles. The molecule has 26 heavy (non-hydrogen) atoms. The molecule has 0 saturated heterocycles. The lowest BCUT2D eigenvalue weighted by atomic mass is 9.99. The van der Waals surface area contributed by atoms with Gasteiger partial charge in [-0.3, -0.25) is 10.1 Å². The van der Waals surface area contributed by atoms with Gasteiger partial charge in [-0.25, -0.2) is 17.5 Å². The van der Waals surface area contributed by atoms with E-state index in [0.29, 0.717) is 5.56 Å². The summed E-state index contributed by atoms with van der Waals surface area (Å²) in [7, 11) is -3.84. The Morgan fingerprint density at radius 1 is 1.31 bits per heavy atom. The van der Waals surface area contributed by atoms with E-state index in [2.05, 4.69) is 4.72 Å². The number of non-ortho nitro benzene ring substituents is 1. The molecule has 0 spiro atoms. The Labute approximate surface area is 155 Å². The lowest BCUT2D eigenvalue weighted by Gasteiger charge is -2.16. The van der Waals surface area contributed by atoms with Crippen LogP contribution in [0.15, 0.2) is 41.3 Å².